The molecule has 0 unspecified atom stereocenters. The number of nitrogen functional groups attached to an aromatic ring is 1. The van der Waals surface area contributed by atoms with Crippen molar-refractivity contribution in [1.29, 1.82) is 0 Å². The van der Waals surface area contributed by atoms with Crippen LogP contribution in [0.15, 0.2) is 17.0 Å². The maximum Gasteiger partial charge on any atom is 0.339 e. The fourth-order valence-corrected chi connectivity index (χ4v) is 3.55. The van der Waals surface area contributed by atoms with Crippen LogP contribution >= 0.6 is 11.8 Å². The number of carbonyl (C=O) groups is 1. The van der Waals surface area contributed by atoms with Crippen LogP contribution in [0.5, 0.6) is 0 Å². The molecule has 0 radical (unpaired) electrons. The van der Waals surface area contributed by atoms with Gasteiger partial charge in [-0.1, -0.05) is 12.8 Å². The van der Waals surface area contributed by atoms with E-state index in [-0.39, 0.29) is 11.3 Å². The molecule has 1 aromatic carbocycles. The van der Waals surface area contributed by atoms with Gasteiger partial charge in [0.05, 0.1) is 11.3 Å². The number of nitrogens with two attached hydrogens (primary N) is 1. The lowest BCUT2D eigenvalue weighted by atomic mass is 10.1. The molecule has 0 saturated heterocycles. The zero-order valence-corrected chi connectivity index (χ0v) is 10.8. The number of hydrogen-bond acceptors (Lipinski definition) is 3. The van der Waals surface area contributed by atoms with E-state index in [1.807, 2.05) is 0 Å². The van der Waals surface area contributed by atoms with E-state index in [1.165, 1.54) is 49.6 Å². The number of aromatic carboxylic acids is 1. The second-order valence-electron chi connectivity index (χ2n) is 4.60. The van der Waals surface area contributed by atoms with Gasteiger partial charge in [-0.15, -0.1) is 11.8 Å². The molecular formula is C13H16FNO2S. The molecular weight excluding hydrogens is 253 g/mol. The first-order valence-electron chi connectivity index (χ1n) is 6.03. The predicted molar refractivity (Wildman–Crippen MR) is 70.5 cm³/mol. The van der Waals surface area contributed by atoms with Gasteiger partial charge in [-0.3, -0.25) is 0 Å². The van der Waals surface area contributed by atoms with Crippen LogP contribution in [0.25, 0.3) is 0 Å². The van der Waals surface area contributed by atoms with E-state index >= 15 is 0 Å². The molecule has 0 heterocycles. The quantitative estimate of drug-likeness (QED) is 0.649. The summed E-state index contributed by atoms with van der Waals surface area (Å²) >= 11 is 1.47. The van der Waals surface area contributed by atoms with E-state index < -0.39 is 11.8 Å². The molecule has 1 saturated carbocycles. The molecule has 2 rings (SSSR count). The average Bonchev–Trinajstić information content (AvgIpc) is 2.83. The van der Waals surface area contributed by atoms with Crippen LogP contribution in [0.2, 0.25) is 0 Å². The van der Waals surface area contributed by atoms with Crippen molar-refractivity contribution in [3.8, 4) is 0 Å². The average molecular weight is 269 g/mol. The van der Waals surface area contributed by atoms with Gasteiger partial charge in [-0.2, -0.15) is 0 Å². The minimum Gasteiger partial charge on any atom is -0.478 e. The van der Waals surface area contributed by atoms with Gasteiger partial charge < -0.3 is 10.8 Å². The number of hydrogen-bond donors (Lipinski definition) is 2. The molecule has 18 heavy (non-hydrogen) atoms. The Hall–Kier alpha value is -1.23. The Bertz CT molecular complexity index is 459. The normalized spacial score (nSPS) is 16.1. The van der Waals surface area contributed by atoms with Crippen molar-refractivity contribution in [2.24, 2.45) is 5.92 Å². The fraction of sp³-hybridized carbons (Fsp3) is 0.462. The Morgan fingerprint density at radius 1 is 1.44 bits per heavy atom. The van der Waals surface area contributed by atoms with Gasteiger partial charge in [-0.25, -0.2) is 9.18 Å². The third-order valence-corrected chi connectivity index (χ3v) is 4.61. The van der Waals surface area contributed by atoms with Crippen LogP contribution in [-0.4, -0.2) is 16.8 Å². The fourth-order valence-electron chi connectivity index (χ4n) is 2.30. The smallest absolute Gasteiger partial charge is 0.339 e. The first-order valence-corrected chi connectivity index (χ1v) is 7.02. The summed E-state index contributed by atoms with van der Waals surface area (Å²) in [6.45, 7) is 0. The molecule has 0 aromatic heterocycles. The van der Waals surface area contributed by atoms with Gasteiger partial charge in [0, 0.05) is 10.6 Å². The van der Waals surface area contributed by atoms with Crippen LogP contribution in [-0.2, 0) is 0 Å². The first-order chi connectivity index (χ1) is 8.59. The van der Waals surface area contributed by atoms with Gasteiger partial charge in [0.1, 0.15) is 5.82 Å². The molecule has 1 aliphatic rings. The lowest BCUT2D eigenvalue weighted by Crippen LogP contribution is -2.07. The van der Waals surface area contributed by atoms with Gasteiger partial charge in [-0.05, 0) is 30.9 Å². The minimum atomic E-state index is -1.17. The SMILES string of the molecule is Nc1c(F)ccc(SCC2CCCC2)c1C(=O)O. The number of benzene rings is 1. The summed E-state index contributed by atoms with van der Waals surface area (Å²) in [6, 6.07) is 2.74. The van der Waals surface area contributed by atoms with Crippen molar-refractivity contribution in [1.82, 2.24) is 0 Å². The molecule has 0 atom stereocenters. The number of carboxylic acids is 1. The van der Waals surface area contributed by atoms with Crippen molar-refractivity contribution < 1.29 is 14.3 Å². The molecule has 1 aromatic rings. The molecule has 98 valence electrons. The number of rotatable bonds is 4. The molecule has 3 nitrogen and oxygen atoms in total. The Labute approximate surface area is 110 Å². The number of thioether (sulfide) groups is 1. The maximum absolute atomic E-state index is 13.3. The summed E-state index contributed by atoms with van der Waals surface area (Å²) in [5, 5.41) is 9.10. The van der Waals surface area contributed by atoms with Crippen molar-refractivity contribution in [3.63, 3.8) is 0 Å². The summed E-state index contributed by atoms with van der Waals surface area (Å²) in [6.07, 6.45) is 4.91. The highest BCUT2D eigenvalue weighted by atomic mass is 32.2. The Kier molecular flexibility index (Phi) is 4.11. The summed E-state index contributed by atoms with van der Waals surface area (Å²) < 4.78 is 13.3. The first kappa shape index (κ1) is 13.2. The second kappa shape index (κ2) is 5.61. The molecule has 0 amide bonds. The van der Waals surface area contributed by atoms with Crippen molar-refractivity contribution >= 4 is 23.4 Å². The molecule has 3 N–H and O–H groups in total. The molecule has 1 fully saturated rings. The predicted octanol–water partition coefficient (Wildman–Crippen LogP) is 3.39. The summed E-state index contributed by atoms with van der Waals surface area (Å²) in [5.74, 6) is -0.313. The van der Waals surface area contributed by atoms with Crippen LogP contribution in [0, 0.1) is 11.7 Å². The third kappa shape index (κ3) is 2.77. The van der Waals surface area contributed by atoms with Crippen molar-refractivity contribution in [2.75, 3.05) is 11.5 Å². The summed E-state index contributed by atoms with van der Waals surface area (Å²) in [5.41, 5.74) is 5.13. The Morgan fingerprint density at radius 3 is 2.72 bits per heavy atom. The lowest BCUT2D eigenvalue weighted by molar-refractivity contribution is 0.0694. The zero-order chi connectivity index (χ0) is 13.1. The van der Waals surface area contributed by atoms with Gasteiger partial charge in [0.2, 0.25) is 0 Å². The van der Waals surface area contributed by atoms with Crippen LogP contribution < -0.4 is 5.73 Å². The van der Waals surface area contributed by atoms with Crippen LogP contribution in [0.1, 0.15) is 36.0 Å². The highest BCUT2D eigenvalue weighted by Gasteiger charge is 2.20. The minimum absolute atomic E-state index is 0.0991. The standard InChI is InChI=1S/C13H16FNO2S/c14-9-5-6-10(11(12(9)15)13(16)17)18-7-8-3-1-2-4-8/h5-6,8H,1-4,7,15H2,(H,16,17). The number of anilines is 1. The van der Waals surface area contributed by atoms with Gasteiger partial charge >= 0.3 is 5.97 Å². The van der Waals surface area contributed by atoms with E-state index in [9.17, 15) is 9.18 Å². The van der Waals surface area contributed by atoms with Crippen LogP contribution in [0.4, 0.5) is 10.1 Å². The lowest BCUT2D eigenvalue weighted by Gasteiger charge is -2.12. The van der Waals surface area contributed by atoms with Crippen molar-refractivity contribution in [2.45, 2.75) is 30.6 Å². The topological polar surface area (TPSA) is 63.3 Å². The summed E-state index contributed by atoms with van der Waals surface area (Å²) in [4.78, 5) is 11.7. The van der Waals surface area contributed by atoms with E-state index in [2.05, 4.69) is 0 Å². The van der Waals surface area contributed by atoms with E-state index in [0.29, 0.717) is 10.8 Å². The highest BCUT2D eigenvalue weighted by molar-refractivity contribution is 7.99. The van der Waals surface area contributed by atoms with Crippen molar-refractivity contribution in [3.05, 3.63) is 23.5 Å². The number of halogens is 1. The molecule has 0 bridgehead atoms. The van der Waals surface area contributed by atoms with Crippen LogP contribution in [0.3, 0.4) is 0 Å². The molecule has 5 heteroatoms. The largest absolute Gasteiger partial charge is 0.478 e. The van der Waals surface area contributed by atoms with Gasteiger partial charge in [0.15, 0.2) is 0 Å². The van der Waals surface area contributed by atoms with E-state index in [0.717, 1.165) is 5.75 Å². The highest BCUT2D eigenvalue weighted by Crippen LogP contribution is 2.34. The van der Waals surface area contributed by atoms with Gasteiger partial charge in [0.25, 0.3) is 0 Å². The van der Waals surface area contributed by atoms with E-state index in [4.69, 9.17) is 10.8 Å². The Morgan fingerprint density at radius 2 is 2.11 bits per heavy atom. The molecule has 1 aliphatic carbocycles. The zero-order valence-electron chi connectivity index (χ0n) is 9.99. The second-order valence-corrected chi connectivity index (χ2v) is 5.66. The van der Waals surface area contributed by atoms with E-state index in [1.54, 1.807) is 0 Å². The monoisotopic (exact) mass is 269 g/mol. The number of carboxylic acid groups (broad SMARTS) is 1. The maximum atomic E-state index is 13.3. The Balaban J connectivity index is 2.16. The summed E-state index contributed by atoms with van der Waals surface area (Å²) in [7, 11) is 0. The molecule has 0 aliphatic heterocycles. The third-order valence-electron chi connectivity index (χ3n) is 3.32. The molecule has 0 spiro atoms.